The minimum absolute atomic E-state index is 0.0550. The molecule has 136 valence electrons. The Morgan fingerprint density at radius 1 is 1.17 bits per heavy atom. The Kier molecular flexibility index (Phi) is 6.32. The lowest BCUT2D eigenvalue weighted by Crippen LogP contribution is -2.50. The molecule has 1 aliphatic carbocycles. The molecule has 6 heteroatoms. The van der Waals surface area contributed by atoms with Gasteiger partial charge in [0.15, 0.2) is 8.32 Å². The zero-order chi connectivity index (χ0) is 18.1. The Labute approximate surface area is 142 Å². The summed E-state index contributed by atoms with van der Waals surface area (Å²) in [5.74, 6) is 0.171. The van der Waals surface area contributed by atoms with E-state index in [4.69, 9.17) is 9.16 Å². The molecular formula is C17H35NO4Si. The predicted octanol–water partition coefficient (Wildman–Crippen LogP) is 3.67. The number of alkyl carbamates (subject to hydrolysis) is 1. The van der Waals surface area contributed by atoms with Crippen molar-refractivity contribution < 1.29 is 19.1 Å². The molecule has 3 atom stereocenters. The van der Waals surface area contributed by atoms with Gasteiger partial charge in [-0.25, -0.2) is 4.79 Å². The quantitative estimate of drug-likeness (QED) is 0.763. The summed E-state index contributed by atoms with van der Waals surface area (Å²) in [4.78, 5) is 12.1. The lowest BCUT2D eigenvalue weighted by molar-refractivity contribution is 0.0457. The molecule has 23 heavy (non-hydrogen) atoms. The maximum Gasteiger partial charge on any atom is 0.407 e. The Bertz CT molecular complexity index is 412. The number of aliphatic hydroxyl groups is 1. The van der Waals surface area contributed by atoms with Gasteiger partial charge in [-0.05, 0) is 57.7 Å². The van der Waals surface area contributed by atoms with E-state index in [9.17, 15) is 9.90 Å². The van der Waals surface area contributed by atoms with E-state index in [-0.39, 0.29) is 29.7 Å². The number of hydrogen-bond acceptors (Lipinski definition) is 4. The monoisotopic (exact) mass is 345 g/mol. The fourth-order valence-corrected chi connectivity index (χ4v) is 3.92. The number of carbonyl (C=O) groups is 1. The van der Waals surface area contributed by atoms with Crippen LogP contribution in [0.2, 0.25) is 18.1 Å². The summed E-state index contributed by atoms with van der Waals surface area (Å²) in [6, 6.07) is -0.101. The standard InChI is InChI=1S/C17H35NO4Si/c1-16(2,3)21-15(20)18-13-9-12(11-19)10-14(13)22-23(7,8)17(4,5)6/h12-14,19H,9-11H2,1-8H3,(H,18,20)/t12-,13+,14-/m0/s1. The fourth-order valence-electron chi connectivity index (χ4n) is 2.55. The van der Waals surface area contributed by atoms with Gasteiger partial charge in [-0.2, -0.15) is 0 Å². The average molecular weight is 346 g/mol. The minimum atomic E-state index is -1.93. The van der Waals surface area contributed by atoms with Crippen LogP contribution in [-0.2, 0) is 9.16 Å². The van der Waals surface area contributed by atoms with Crippen LogP contribution in [0.3, 0.4) is 0 Å². The summed E-state index contributed by atoms with van der Waals surface area (Å²) >= 11 is 0. The molecule has 1 rings (SSSR count). The zero-order valence-electron chi connectivity index (χ0n) is 16.0. The molecule has 0 aromatic heterocycles. The first-order valence-electron chi connectivity index (χ1n) is 8.53. The third-order valence-corrected chi connectivity index (χ3v) is 9.32. The first-order chi connectivity index (χ1) is 10.2. The molecular weight excluding hydrogens is 310 g/mol. The van der Waals surface area contributed by atoms with E-state index in [1.54, 1.807) is 0 Å². The third-order valence-electron chi connectivity index (χ3n) is 4.81. The van der Waals surface area contributed by atoms with Gasteiger partial charge in [-0.1, -0.05) is 20.8 Å². The zero-order valence-corrected chi connectivity index (χ0v) is 17.0. The Morgan fingerprint density at radius 2 is 1.74 bits per heavy atom. The summed E-state index contributed by atoms with van der Waals surface area (Å²) in [6.45, 7) is 16.7. The molecule has 1 fully saturated rings. The van der Waals surface area contributed by atoms with Crippen LogP contribution in [0.1, 0.15) is 54.4 Å². The van der Waals surface area contributed by atoms with Gasteiger partial charge in [-0.15, -0.1) is 0 Å². The van der Waals surface area contributed by atoms with Gasteiger partial charge >= 0.3 is 6.09 Å². The van der Waals surface area contributed by atoms with Crippen molar-refractivity contribution in [1.82, 2.24) is 5.32 Å². The van der Waals surface area contributed by atoms with Crippen LogP contribution in [0.5, 0.6) is 0 Å². The number of amides is 1. The van der Waals surface area contributed by atoms with Gasteiger partial charge < -0.3 is 19.6 Å². The lowest BCUT2D eigenvalue weighted by atomic mass is 10.1. The van der Waals surface area contributed by atoms with Crippen molar-refractivity contribution in [3.63, 3.8) is 0 Å². The molecule has 2 N–H and O–H groups in total. The molecule has 0 spiro atoms. The first kappa shape index (κ1) is 20.5. The van der Waals surface area contributed by atoms with Gasteiger partial charge in [0.1, 0.15) is 5.60 Å². The second-order valence-corrected chi connectivity index (χ2v) is 13.9. The van der Waals surface area contributed by atoms with Crippen molar-refractivity contribution in [2.24, 2.45) is 5.92 Å². The van der Waals surface area contributed by atoms with E-state index in [1.165, 1.54) is 0 Å². The highest BCUT2D eigenvalue weighted by molar-refractivity contribution is 6.74. The smallest absolute Gasteiger partial charge is 0.407 e. The molecule has 0 aliphatic heterocycles. The van der Waals surface area contributed by atoms with E-state index < -0.39 is 20.0 Å². The van der Waals surface area contributed by atoms with Crippen LogP contribution in [0.15, 0.2) is 0 Å². The average Bonchev–Trinajstić information content (AvgIpc) is 2.66. The molecule has 0 unspecified atom stereocenters. The predicted molar refractivity (Wildman–Crippen MR) is 95.0 cm³/mol. The normalized spacial score (nSPS) is 26.2. The Morgan fingerprint density at radius 3 is 2.17 bits per heavy atom. The van der Waals surface area contributed by atoms with E-state index in [0.29, 0.717) is 0 Å². The van der Waals surface area contributed by atoms with Crippen molar-refractivity contribution in [2.75, 3.05) is 6.61 Å². The molecule has 0 aromatic rings. The van der Waals surface area contributed by atoms with Gasteiger partial charge in [0, 0.05) is 6.61 Å². The molecule has 0 aromatic carbocycles. The van der Waals surface area contributed by atoms with Crippen LogP contribution in [0.25, 0.3) is 0 Å². The SMILES string of the molecule is CC(C)(C)OC(=O)N[C@@H]1C[C@H](CO)C[C@@H]1O[Si](C)(C)C(C)(C)C. The highest BCUT2D eigenvalue weighted by Gasteiger charge is 2.44. The van der Waals surface area contributed by atoms with Crippen molar-refractivity contribution >= 4 is 14.4 Å². The molecule has 0 bridgehead atoms. The van der Waals surface area contributed by atoms with Gasteiger partial charge in [0.05, 0.1) is 12.1 Å². The number of ether oxygens (including phenoxy) is 1. The van der Waals surface area contributed by atoms with E-state index >= 15 is 0 Å². The van der Waals surface area contributed by atoms with Crippen molar-refractivity contribution in [1.29, 1.82) is 0 Å². The molecule has 1 amide bonds. The summed E-state index contributed by atoms with van der Waals surface area (Å²) in [7, 11) is -1.93. The summed E-state index contributed by atoms with van der Waals surface area (Å²) in [6.07, 6.45) is 1.05. The van der Waals surface area contributed by atoms with Gasteiger partial charge in [0.2, 0.25) is 0 Å². The third kappa shape index (κ3) is 6.08. The molecule has 0 heterocycles. The van der Waals surface area contributed by atoms with Crippen LogP contribution in [0.4, 0.5) is 4.79 Å². The van der Waals surface area contributed by atoms with E-state index in [0.717, 1.165) is 12.8 Å². The second kappa shape index (κ2) is 7.11. The Balaban J connectivity index is 2.77. The molecule has 0 radical (unpaired) electrons. The summed E-state index contributed by atoms with van der Waals surface area (Å²) in [5.41, 5.74) is -0.519. The maximum absolute atomic E-state index is 12.1. The van der Waals surface area contributed by atoms with Crippen LogP contribution < -0.4 is 5.32 Å². The number of carbonyl (C=O) groups excluding carboxylic acids is 1. The Hall–Kier alpha value is -0.593. The lowest BCUT2D eigenvalue weighted by Gasteiger charge is -2.40. The van der Waals surface area contributed by atoms with Crippen molar-refractivity contribution in [3.05, 3.63) is 0 Å². The molecule has 5 nitrogen and oxygen atoms in total. The second-order valence-electron chi connectivity index (χ2n) is 9.19. The highest BCUT2D eigenvalue weighted by atomic mass is 28.4. The molecule has 0 saturated heterocycles. The number of rotatable bonds is 4. The first-order valence-corrected chi connectivity index (χ1v) is 11.4. The highest BCUT2D eigenvalue weighted by Crippen LogP contribution is 2.40. The van der Waals surface area contributed by atoms with Gasteiger partial charge in [0.25, 0.3) is 0 Å². The summed E-state index contributed by atoms with van der Waals surface area (Å²) < 4.78 is 11.9. The number of nitrogens with one attached hydrogen (secondary N) is 1. The number of aliphatic hydroxyl groups excluding tert-OH is 1. The topological polar surface area (TPSA) is 67.8 Å². The largest absolute Gasteiger partial charge is 0.444 e. The maximum atomic E-state index is 12.1. The van der Waals surface area contributed by atoms with Crippen molar-refractivity contribution in [3.8, 4) is 0 Å². The van der Waals surface area contributed by atoms with Crippen molar-refractivity contribution in [2.45, 2.75) is 90.3 Å². The van der Waals surface area contributed by atoms with Gasteiger partial charge in [-0.3, -0.25) is 0 Å². The van der Waals surface area contributed by atoms with Crippen LogP contribution in [0, 0.1) is 5.92 Å². The summed E-state index contributed by atoms with van der Waals surface area (Å²) in [5, 5.41) is 12.6. The van der Waals surface area contributed by atoms with Crippen LogP contribution >= 0.6 is 0 Å². The fraction of sp³-hybridized carbons (Fsp3) is 0.941. The van der Waals surface area contributed by atoms with E-state index in [1.807, 2.05) is 20.8 Å². The molecule has 1 saturated carbocycles. The van der Waals surface area contributed by atoms with Crippen LogP contribution in [-0.4, -0.2) is 43.9 Å². The minimum Gasteiger partial charge on any atom is -0.444 e. The number of hydrogen-bond donors (Lipinski definition) is 2. The van der Waals surface area contributed by atoms with E-state index in [2.05, 4.69) is 39.2 Å². The molecule has 1 aliphatic rings.